The van der Waals surface area contributed by atoms with Gasteiger partial charge in [0.05, 0.1) is 4.92 Å². The van der Waals surface area contributed by atoms with E-state index in [9.17, 15) is 19.3 Å². The fraction of sp³-hybridized carbons (Fsp3) is 0.0625. The molecule has 0 aliphatic rings. The van der Waals surface area contributed by atoms with E-state index in [4.69, 9.17) is 0 Å². The molecule has 0 bridgehead atoms. The van der Waals surface area contributed by atoms with Crippen LogP contribution in [0.25, 0.3) is 6.08 Å². The van der Waals surface area contributed by atoms with Crippen LogP contribution in [-0.4, -0.2) is 10.8 Å². The summed E-state index contributed by atoms with van der Waals surface area (Å²) in [6.07, 6.45) is 2.87. The van der Waals surface area contributed by atoms with Crippen molar-refractivity contribution >= 4 is 17.7 Å². The Kier molecular flexibility index (Phi) is 4.98. The van der Waals surface area contributed by atoms with Gasteiger partial charge in [-0.3, -0.25) is 14.9 Å². The van der Waals surface area contributed by atoms with Gasteiger partial charge in [0.1, 0.15) is 5.82 Å². The summed E-state index contributed by atoms with van der Waals surface area (Å²) in [5.74, 6) is -0.684. The summed E-state index contributed by atoms with van der Waals surface area (Å²) >= 11 is 0. The number of nitrogens with one attached hydrogen (secondary N) is 1. The Labute approximate surface area is 126 Å². The molecule has 0 saturated carbocycles. The number of amides is 1. The van der Waals surface area contributed by atoms with E-state index in [-0.39, 0.29) is 24.0 Å². The van der Waals surface area contributed by atoms with Gasteiger partial charge in [0.2, 0.25) is 5.91 Å². The highest BCUT2D eigenvalue weighted by Gasteiger charge is 2.03. The predicted octanol–water partition coefficient (Wildman–Crippen LogP) is 3.06. The van der Waals surface area contributed by atoms with Gasteiger partial charge in [0, 0.05) is 24.8 Å². The minimum atomic E-state index is -0.487. The summed E-state index contributed by atoms with van der Waals surface area (Å²) < 4.78 is 13.0. The zero-order valence-corrected chi connectivity index (χ0v) is 11.5. The molecule has 0 aliphatic heterocycles. The number of carbonyl (C=O) groups is 1. The standard InChI is InChI=1S/C16H13FN2O3/c17-14-3-1-2-13(10-14)11-18-16(20)9-6-12-4-7-15(8-5-12)19(21)22/h1-10H,11H2,(H,18,20)/b9-6+. The first-order valence-corrected chi connectivity index (χ1v) is 6.49. The average Bonchev–Trinajstić information content (AvgIpc) is 2.51. The number of benzene rings is 2. The molecule has 2 aromatic carbocycles. The molecular formula is C16H13FN2O3. The number of nitro benzene ring substituents is 1. The van der Waals surface area contributed by atoms with Crippen LogP contribution in [0, 0.1) is 15.9 Å². The van der Waals surface area contributed by atoms with Crippen molar-refractivity contribution in [3.63, 3.8) is 0 Å². The molecule has 1 N–H and O–H groups in total. The molecule has 112 valence electrons. The molecule has 0 aliphatic carbocycles. The summed E-state index contributed by atoms with van der Waals surface area (Å²) in [4.78, 5) is 21.7. The van der Waals surface area contributed by atoms with Gasteiger partial charge in [-0.25, -0.2) is 4.39 Å². The number of rotatable bonds is 5. The molecule has 0 atom stereocenters. The fourth-order valence-electron chi connectivity index (χ4n) is 1.77. The summed E-state index contributed by atoms with van der Waals surface area (Å²) in [5.41, 5.74) is 1.33. The molecule has 0 aromatic heterocycles. The molecule has 1 amide bonds. The summed E-state index contributed by atoms with van der Waals surface area (Å²) in [6.45, 7) is 0.223. The molecule has 0 unspecified atom stereocenters. The van der Waals surface area contributed by atoms with Gasteiger partial charge in [-0.05, 0) is 41.5 Å². The zero-order chi connectivity index (χ0) is 15.9. The fourth-order valence-corrected chi connectivity index (χ4v) is 1.77. The SMILES string of the molecule is O=C(/C=C/c1ccc([N+](=O)[O-])cc1)NCc1cccc(F)c1. The van der Waals surface area contributed by atoms with Crippen LogP contribution in [0.1, 0.15) is 11.1 Å². The van der Waals surface area contributed by atoms with Crippen LogP contribution in [0.2, 0.25) is 0 Å². The van der Waals surface area contributed by atoms with Gasteiger partial charge >= 0.3 is 0 Å². The molecule has 0 fully saturated rings. The quantitative estimate of drug-likeness (QED) is 0.524. The highest BCUT2D eigenvalue weighted by atomic mass is 19.1. The lowest BCUT2D eigenvalue weighted by Crippen LogP contribution is -2.20. The topological polar surface area (TPSA) is 72.2 Å². The lowest BCUT2D eigenvalue weighted by atomic mass is 10.2. The number of nitro groups is 1. The van der Waals surface area contributed by atoms with Crippen molar-refractivity contribution in [3.8, 4) is 0 Å². The molecule has 5 nitrogen and oxygen atoms in total. The van der Waals surface area contributed by atoms with Gasteiger partial charge in [0.15, 0.2) is 0 Å². The first-order chi connectivity index (χ1) is 10.5. The first kappa shape index (κ1) is 15.4. The Balaban J connectivity index is 1.89. The van der Waals surface area contributed by atoms with E-state index in [0.29, 0.717) is 11.1 Å². The van der Waals surface area contributed by atoms with Gasteiger partial charge in [-0.2, -0.15) is 0 Å². The molecule has 2 aromatic rings. The molecule has 6 heteroatoms. The molecular weight excluding hydrogens is 287 g/mol. The third-order valence-corrected chi connectivity index (χ3v) is 2.89. The van der Waals surface area contributed by atoms with Gasteiger partial charge in [-0.1, -0.05) is 12.1 Å². The second-order valence-electron chi connectivity index (χ2n) is 4.53. The van der Waals surface area contributed by atoms with Gasteiger partial charge in [-0.15, -0.1) is 0 Å². The highest BCUT2D eigenvalue weighted by molar-refractivity contribution is 5.91. The Morgan fingerprint density at radius 2 is 1.95 bits per heavy atom. The highest BCUT2D eigenvalue weighted by Crippen LogP contribution is 2.12. The number of hydrogen-bond donors (Lipinski definition) is 1. The molecule has 0 saturated heterocycles. The van der Waals surface area contributed by atoms with E-state index >= 15 is 0 Å². The van der Waals surface area contributed by atoms with Crippen LogP contribution >= 0.6 is 0 Å². The van der Waals surface area contributed by atoms with Crippen LogP contribution in [0.3, 0.4) is 0 Å². The molecule has 0 spiro atoms. The summed E-state index contributed by atoms with van der Waals surface area (Å²) in [5, 5.41) is 13.1. The van der Waals surface area contributed by atoms with Crippen molar-refractivity contribution < 1.29 is 14.1 Å². The van der Waals surface area contributed by atoms with E-state index in [2.05, 4.69) is 5.32 Å². The molecule has 22 heavy (non-hydrogen) atoms. The second-order valence-corrected chi connectivity index (χ2v) is 4.53. The lowest BCUT2D eigenvalue weighted by molar-refractivity contribution is -0.384. The van der Waals surface area contributed by atoms with E-state index in [1.807, 2.05) is 0 Å². The molecule has 0 radical (unpaired) electrons. The third-order valence-electron chi connectivity index (χ3n) is 2.89. The maximum Gasteiger partial charge on any atom is 0.269 e. The van der Waals surface area contributed by atoms with Crippen molar-refractivity contribution in [3.05, 3.63) is 81.7 Å². The van der Waals surface area contributed by atoms with E-state index in [0.717, 1.165) is 0 Å². The normalized spacial score (nSPS) is 10.6. The van der Waals surface area contributed by atoms with E-state index in [1.54, 1.807) is 30.3 Å². The number of halogens is 1. The molecule has 2 rings (SSSR count). The Morgan fingerprint density at radius 1 is 1.23 bits per heavy atom. The lowest BCUT2D eigenvalue weighted by Gasteiger charge is -2.02. The van der Waals surface area contributed by atoms with E-state index in [1.165, 1.54) is 30.3 Å². The maximum atomic E-state index is 13.0. The van der Waals surface area contributed by atoms with Crippen LogP contribution in [0.15, 0.2) is 54.6 Å². The van der Waals surface area contributed by atoms with Gasteiger partial charge in [0.25, 0.3) is 5.69 Å². The monoisotopic (exact) mass is 300 g/mol. The average molecular weight is 300 g/mol. The second kappa shape index (κ2) is 7.12. The Morgan fingerprint density at radius 3 is 2.59 bits per heavy atom. The van der Waals surface area contributed by atoms with Crippen molar-refractivity contribution in [2.75, 3.05) is 0 Å². The number of nitrogens with zero attached hydrogens (tertiary/aromatic N) is 1. The van der Waals surface area contributed by atoms with Crippen molar-refractivity contribution in [1.29, 1.82) is 0 Å². The maximum absolute atomic E-state index is 13.0. The smallest absolute Gasteiger partial charge is 0.269 e. The number of hydrogen-bond acceptors (Lipinski definition) is 3. The van der Waals surface area contributed by atoms with Crippen LogP contribution < -0.4 is 5.32 Å². The third kappa shape index (κ3) is 4.52. The number of non-ortho nitro benzene ring substituents is 1. The van der Waals surface area contributed by atoms with Crippen molar-refractivity contribution in [2.45, 2.75) is 6.54 Å². The first-order valence-electron chi connectivity index (χ1n) is 6.49. The minimum Gasteiger partial charge on any atom is -0.348 e. The largest absolute Gasteiger partial charge is 0.348 e. The Hall–Kier alpha value is -3.02. The summed E-state index contributed by atoms with van der Waals surface area (Å²) in [6, 6.07) is 11.8. The van der Waals surface area contributed by atoms with E-state index < -0.39 is 4.92 Å². The summed E-state index contributed by atoms with van der Waals surface area (Å²) in [7, 11) is 0. The van der Waals surface area contributed by atoms with Crippen LogP contribution in [-0.2, 0) is 11.3 Å². The van der Waals surface area contributed by atoms with Crippen molar-refractivity contribution in [2.24, 2.45) is 0 Å². The zero-order valence-electron chi connectivity index (χ0n) is 11.5. The van der Waals surface area contributed by atoms with Crippen LogP contribution in [0.5, 0.6) is 0 Å². The van der Waals surface area contributed by atoms with Crippen molar-refractivity contribution in [1.82, 2.24) is 5.32 Å². The van der Waals surface area contributed by atoms with Crippen LogP contribution in [0.4, 0.5) is 10.1 Å². The van der Waals surface area contributed by atoms with Gasteiger partial charge < -0.3 is 5.32 Å². The molecule has 0 heterocycles. The number of carbonyl (C=O) groups excluding carboxylic acids is 1. The Bertz CT molecular complexity index is 712. The predicted molar refractivity (Wildman–Crippen MR) is 80.4 cm³/mol. The minimum absolute atomic E-state index is 0.00675.